The Morgan fingerprint density at radius 2 is 1.78 bits per heavy atom. The lowest BCUT2D eigenvalue weighted by Crippen LogP contribution is -2.59. The first-order chi connectivity index (χ1) is 19.4. The third-order valence-corrected chi connectivity index (χ3v) is 10.6. The highest BCUT2D eigenvalue weighted by atomic mass is 32.2. The molecular weight excluding hydrogens is 538 g/mol. The SMILES string of the molecule is CCOc1ccc(NC(=O)[C@H]2[C@H]3C(=O)N([C@@H](CO)Cc4ccccc4)C(C(=O)NC(C)(C)C)C34CC[C@]2(C)S4)cc1. The lowest BCUT2D eigenvalue weighted by atomic mass is 9.66. The summed E-state index contributed by atoms with van der Waals surface area (Å²) in [6.07, 6.45) is 1.79. The van der Waals surface area contributed by atoms with E-state index in [2.05, 4.69) is 17.6 Å². The van der Waals surface area contributed by atoms with Gasteiger partial charge in [0.05, 0.1) is 35.8 Å². The molecule has 0 saturated carbocycles. The van der Waals surface area contributed by atoms with Crippen molar-refractivity contribution >= 4 is 35.2 Å². The number of benzene rings is 2. The highest BCUT2D eigenvalue weighted by Gasteiger charge is 2.77. The number of carbonyl (C=O) groups excluding carboxylic acids is 3. The first-order valence-corrected chi connectivity index (χ1v) is 15.3. The molecule has 8 nitrogen and oxygen atoms in total. The van der Waals surface area contributed by atoms with Crippen molar-refractivity contribution in [3.63, 3.8) is 0 Å². The van der Waals surface area contributed by atoms with Crippen LogP contribution in [0.4, 0.5) is 5.69 Å². The van der Waals surface area contributed by atoms with Crippen molar-refractivity contribution in [3.8, 4) is 5.75 Å². The minimum Gasteiger partial charge on any atom is -0.494 e. The number of rotatable bonds is 9. The fourth-order valence-electron chi connectivity index (χ4n) is 7.05. The molecule has 5 rings (SSSR count). The van der Waals surface area contributed by atoms with Crippen molar-refractivity contribution in [1.82, 2.24) is 10.2 Å². The van der Waals surface area contributed by atoms with Crippen LogP contribution in [0, 0.1) is 11.8 Å². The lowest BCUT2D eigenvalue weighted by molar-refractivity contribution is -0.142. The second-order valence-corrected chi connectivity index (χ2v) is 14.6. The van der Waals surface area contributed by atoms with Gasteiger partial charge in [0.15, 0.2) is 0 Å². The minimum atomic E-state index is -0.796. The van der Waals surface area contributed by atoms with Crippen molar-refractivity contribution in [3.05, 3.63) is 60.2 Å². The Labute approximate surface area is 246 Å². The van der Waals surface area contributed by atoms with Crippen LogP contribution in [-0.2, 0) is 20.8 Å². The maximum absolute atomic E-state index is 14.5. The van der Waals surface area contributed by atoms with E-state index in [1.165, 1.54) is 0 Å². The van der Waals surface area contributed by atoms with E-state index in [0.717, 1.165) is 17.7 Å². The Balaban J connectivity index is 1.51. The molecule has 3 saturated heterocycles. The zero-order valence-corrected chi connectivity index (χ0v) is 25.3. The average molecular weight is 580 g/mol. The molecule has 3 aliphatic rings. The molecule has 2 unspecified atom stereocenters. The van der Waals surface area contributed by atoms with E-state index in [4.69, 9.17) is 4.74 Å². The molecule has 2 aromatic carbocycles. The average Bonchev–Trinajstić information content (AvgIpc) is 3.49. The molecule has 3 amide bonds. The Morgan fingerprint density at radius 3 is 2.39 bits per heavy atom. The summed E-state index contributed by atoms with van der Waals surface area (Å²) in [6, 6.07) is 15.5. The van der Waals surface area contributed by atoms with Gasteiger partial charge in [0.25, 0.3) is 0 Å². The van der Waals surface area contributed by atoms with Gasteiger partial charge in [-0.1, -0.05) is 30.3 Å². The normalized spacial score (nSPS) is 29.3. The molecule has 6 atom stereocenters. The third kappa shape index (κ3) is 5.34. The quantitative estimate of drug-likeness (QED) is 0.414. The summed E-state index contributed by atoms with van der Waals surface area (Å²) >= 11 is 1.63. The van der Waals surface area contributed by atoms with E-state index in [1.54, 1.807) is 28.8 Å². The fourth-order valence-corrected chi connectivity index (χ4v) is 9.40. The molecule has 3 N–H and O–H groups in total. The van der Waals surface area contributed by atoms with Gasteiger partial charge in [0.1, 0.15) is 11.8 Å². The van der Waals surface area contributed by atoms with Crippen LogP contribution in [0.15, 0.2) is 54.6 Å². The van der Waals surface area contributed by atoms with Crippen LogP contribution in [0.1, 0.15) is 53.0 Å². The van der Waals surface area contributed by atoms with Gasteiger partial charge < -0.3 is 25.4 Å². The summed E-state index contributed by atoms with van der Waals surface area (Å²) in [5, 5.41) is 16.7. The predicted octanol–water partition coefficient (Wildman–Crippen LogP) is 4.02. The number of nitrogens with one attached hydrogen (secondary N) is 2. The van der Waals surface area contributed by atoms with E-state index in [9.17, 15) is 19.5 Å². The number of nitrogens with zero attached hydrogens (tertiary/aromatic N) is 1. The molecule has 220 valence electrons. The zero-order chi connectivity index (χ0) is 29.6. The van der Waals surface area contributed by atoms with Gasteiger partial charge in [0, 0.05) is 16.0 Å². The number of hydrogen-bond acceptors (Lipinski definition) is 6. The number of amides is 3. The fraction of sp³-hybridized carbons (Fsp3) is 0.531. The van der Waals surface area contributed by atoms with Crippen molar-refractivity contribution in [2.45, 2.75) is 81.0 Å². The first kappa shape index (κ1) is 29.5. The van der Waals surface area contributed by atoms with Crippen LogP contribution in [-0.4, -0.2) is 68.1 Å². The maximum atomic E-state index is 14.5. The Kier molecular flexibility index (Phi) is 7.89. The molecule has 0 radical (unpaired) electrons. The molecule has 3 fully saturated rings. The number of fused-ring (bicyclic) bond motifs is 1. The summed E-state index contributed by atoms with van der Waals surface area (Å²) in [6.45, 7) is 9.99. The molecule has 2 aromatic rings. The standard InChI is InChI=1S/C32H41N3O5S/c1-6-40-23-14-12-21(13-15-23)33-27(37)24-25-29(39)35(22(19-36)18-20-10-8-7-9-11-20)26(28(38)34-30(2,3)4)32(25)17-16-31(24,5)41-32/h7-15,22,24-26,36H,6,16-19H2,1-5H3,(H,33,37)(H,34,38)/t22-,24-,25+,26?,31+,32?/m1/s1. The minimum absolute atomic E-state index is 0.218. The smallest absolute Gasteiger partial charge is 0.244 e. The van der Waals surface area contributed by atoms with Gasteiger partial charge >= 0.3 is 0 Å². The molecule has 3 aliphatic heterocycles. The largest absolute Gasteiger partial charge is 0.494 e. The molecular formula is C32H41N3O5S. The summed E-state index contributed by atoms with van der Waals surface area (Å²) in [4.78, 5) is 44.1. The highest BCUT2D eigenvalue weighted by Crippen LogP contribution is 2.71. The van der Waals surface area contributed by atoms with Gasteiger partial charge in [-0.25, -0.2) is 0 Å². The molecule has 9 heteroatoms. The van der Waals surface area contributed by atoms with Crippen LogP contribution in [0.5, 0.6) is 5.75 Å². The number of hydrogen-bond donors (Lipinski definition) is 3. The number of anilines is 1. The molecule has 41 heavy (non-hydrogen) atoms. The number of carbonyl (C=O) groups is 3. The van der Waals surface area contributed by atoms with Gasteiger partial charge in [-0.15, -0.1) is 11.8 Å². The van der Waals surface area contributed by atoms with Crippen molar-refractivity contribution in [2.75, 3.05) is 18.5 Å². The van der Waals surface area contributed by atoms with Crippen LogP contribution < -0.4 is 15.4 Å². The monoisotopic (exact) mass is 579 g/mol. The third-order valence-electron chi connectivity index (χ3n) is 8.59. The van der Waals surface area contributed by atoms with Crippen LogP contribution in [0.25, 0.3) is 0 Å². The van der Waals surface area contributed by atoms with Gasteiger partial charge in [-0.3, -0.25) is 14.4 Å². The predicted molar refractivity (Wildman–Crippen MR) is 161 cm³/mol. The topological polar surface area (TPSA) is 108 Å². The van der Waals surface area contributed by atoms with Crippen molar-refractivity contribution in [1.29, 1.82) is 0 Å². The van der Waals surface area contributed by atoms with Crippen LogP contribution in [0.3, 0.4) is 0 Å². The van der Waals surface area contributed by atoms with Crippen molar-refractivity contribution in [2.24, 2.45) is 11.8 Å². The van der Waals surface area contributed by atoms with Gasteiger partial charge in [-0.2, -0.15) is 0 Å². The van der Waals surface area contributed by atoms with E-state index in [-0.39, 0.29) is 24.3 Å². The number of thioether (sulfide) groups is 1. The number of aliphatic hydroxyl groups is 1. The molecule has 2 bridgehead atoms. The van der Waals surface area contributed by atoms with E-state index in [1.807, 2.05) is 70.2 Å². The second kappa shape index (κ2) is 11.0. The van der Waals surface area contributed by atoms with E-state index < -0.39 is 39.0 Å². The molecule has 0 aromatic heterocycles. The Hall–Kier alpha value is -3.04. The maximum Gasteiger partial charge on any atom is 0.244 e. The first-order valence-electron chi connectivity index (χ1n) is 14.5. The van der Waals surface area contributed by atoms with Crippen LogP contribution >= 0.6 is 11.8 Å². The van der Waals surface area contributed by atoms with E-state index in [0.29, 0.717) is 25.1 Å². The van der Waals surface area contributed by atoms with Gasteiger partial charge in [0.2, 0.25) is 17.7 Å². The van der Waals surface area contributed by atoms with E-state index >= 15 is 0 Å². The Morgan fingerprint density at radius 1 is 1.10 bits per heavy atom. The zero-order valence-electron chi connectivity index (χ0n) is 24.5. The molecule has 1 spiro atoms. The molecule has 3 heterocycles. The van der Waals surface area contributed by atoms with Crippen molar-refractivity contribution < 1.29 is 24.2 Å². The summed E-state index contributed by atoms with van der Waals surface area (Å²) < 4.78 is 4.28. The summed E-state index contributed by atoms with van der Waals surface area (Å²) in [5.41, 5.74) is 1.09. The molecule has 0 aliphatic carbocycles. The van der Waals surface area contributed by atoms with Crippen LogP contribution in [0.2, 0.25) is 0 Å². The summed E-state index contributed by atoms with van der Waals surface area (Å²) in [5.74, 6) is -1.25. The second-order valence-electron chi connectivity index (χ2n) is 12.7. The number of likely N-dealkylation sites (tertiary alicyclic amines) is 1. The summed E-state index contributed by atoms with van der Waals surface area (Å²) in [7, 11) is 0. The number of aliphatic hydroxyl groups excluding tert-OH is 1. The van der Waals surface area contributed by atoms with Gasteiger partial charge in [-0.05, 0) is 83.7 Å². The lowest BCUT2D eigenvalue weighted by Gasteiger charge is -2.38. The number of ether oxygens (including phenoxy) is 1. The Bertz CT molecular complexity index is 1300. The highest BCUT2D eigenvalue weighted by molar-refractivity contribution is 8.02.